The summed E-state index contributed by atoms with van der Waals surface area (Å²) in [6, 6.07) is 13.6. The van der Waals surface area contributed by atoms with Gasteiger partial charge in [-0.15, -0.1) is 0 Å². The molecule has 2 aliphatic rings. The number of aryl methyl sites for hydroxylation is 4. The van der Waals surface area contributed by atoms with Crippen LogP contribution in [0.25, 0.3) is 0 Å². The van der Waals surface area contributed by atoms with Crippen molar-refractivity contribution in [2.24, 2.45) is 0 Å². The maximum atomic E-state index is 7.66. The van der Waals surface area contributed by atoms with E-state index in [0.717, 1.165) is 37.2 Å². The van der Waals surface area contributed by atoms with Crippen molar-refractivity contribution in [1.82, 2.24) is 0 Å². The zero-order chi connectivity index (χ0) is 26.8. The first kappa shape index (κ1) is 27.9. The molecule has 0 amide bonds. The third kappa shape index (κ3) is 4.67. The van der Waals surface area contributed by atoms with E-state index in [1.165, 1.54) is 33.4 Å². The van der Waals surface area contributed by atoms with E-state index in [-0.39, 0.29) is 6.25 Å². The van der Waals surface area contributed by atoms with Crippen LogP contribution in [0.1, 0.15) is 77.6 Å². The van der Waals surface area contributed by atoms with E-state index in [1.54, 1.807) is 0 Å². The van der Waals surface area contributed by atoms with Gasteiger partial charge in [0.2, 0.25) is 0 Å². The maximum absolute atomic E-state index is 7.66. The normalized spacial score (nSPS) is 22.8. The topological polar surface area (TPSA) is 18.5 Å². The van der Waals surface area contributed by atoms with Crippen molar-refractivity contribution in [3.8, 4) is 11.5 Å². The van der Waals surface area contributed by atoms with Gasteiger partial charge < -0.3 is 0 Å². The summed E-state index contributed by atoms with van der Waals surface area (Å²) in [5, 5.41) is 0. The van der Waals surface area contributed by atoms with E-state index >= 15 is 0 Å². The molecule has 37 heavy (non-hydrogen) atoms. The van der Waals surface area contributed by atoms with Crippen LogP contribution < -0.4 is 5.63 Å². The first-order chi connectivity index (χ1) is 17.7. The SMILES string of the molecule is CCc1ccc(CC)c([O][Zr]([O]c2cc(CC)ccc2CC)([C]2(C)C=CC=C2C)[C]2(C)C=CC=C2C)c1. The fourth-order valence-corrected chi connectivity index (χ4v) is 17.6. The molecular formula is C34H44O2Zr. The van der Waals surface area contributed by atoms with Gasteiger partial charge in [0.05, 0.1) is 0 Å². The summed E-state index contributed by atoms with van der Waals surface area (Å²) in [6.45, 7) is 18.1. The zero-order valence-corrected chi connectivity index (χ0v) is 26.5. The molecule has 2 nitrogen and oxygen atoms in total. The third-order valence-corrected chi connectivity index (χ3v) is 20.9. The average Bonchev–Trinajstić information content (AvgIpc) is 3.44. The fourth-order valence-electron chi connectivity index (χ4n) is 5.82. The quantitative estimate of drug-likeness (QED) is 0.281. The Labute approximate surface area is 230 Å². The molecule has 0 radical (unpaired) electrons. The van der Waals surface area contributed by atoms with Gasteiger partial charge in [0, 0.05) is 0 Å². The third-order valence-electron chi connectivity index (χ3n) is 8.91. The monoisotopic (exact) mass is 574 g/mol. The van der Waals surface area contributed by atoms with Crippen molar-refractivity contribution < 1.29 is 26.8 Å². The molecule has 2 aliphatic carbocycles. The van der Waals surface area contributed by atoms with E-state index in [9.17, 15) is 0 Å². The first-order valence-corrected chi connectivity index (χ1v) is 18.5. The molecule has 2 aromatic rings. The summed E-state index contributed by atoms with van der Waals surface area (Å²) in [6.07, 6.45) is 17.5. The van der Waals surface area contributed by atoms with Crippen LogP contribution in [0.4, 0.5) is 0 Å². The Hall–Kier alpha value is -2.12. The molecule has 0 fully saturated rings. The Bertz CT molecular complexity index is 1180. The number of benzene rings is 2. The van der Waals surface area contributed by atoms with Crippen LogP contribution >= 0.6 is 0 Å². The minimum atomic E-state index is -4.39. The van der Waals surface area contributed by atoms with E-state index in [4.69, 9.17) is 5.63 Å². The Morgan fingerprint density at radius 2 is 1.03 bits per heavy atom. The van der Waals surface area contributed by atoms with Crippen molar-refractivity contribution in [1.29, 1.82) is 0 Å². The minimum absolute atomic E-state index is 0.298. The molecule has 2 unspecified atom stereocenters. The average molecular weight is 576 g/mol. The second-order valence-corrected chi connectivity index (χ2v) is 20.1. The Kier molecular flexibility index (Phi) is 8.25. The van der Waals surface area contributed by atoms with Crippen molar-refractivity contribution in [2.45, 2.75) is 87.3 Å². The Balaban J connectivity index is 2.05. The zero-order valence-electron chi connectivity index (χ0n) is 24.1. The number of hydrogen-bond donors (Lipinski definition) is 0. The first-order valence-electron chi connectivity index (χ1n) is 14.0. The summed E-state index contributed by atoms with van der Waals surface area (Å²) in [7, 11) is 0. The van der Waals surface area contributed by atoms with Gasteiger partial charge in [0.1, 0.15) is 0 Å². The summed E-state index contributed by atoms with van der Waals surface area (Å²) in [5.41, 5.74) is 7.75. The van der Waals surface area contributed by atoms with Crippen molar-refractivity contribution >= 4 is 0 Å². The van der Waals surface area contributed by atoms with Gasteiger partial charge in [-0.1, -0.05) is 0 Å². The number of rotatable bonds is 10. The molecule has 0 aliphatic heterocycles. The summed E-state index contributed by atoms with van der Waals surface area (Å²) in [4.78, 5) is 0. The predicted molar refractivity (Wildman–Crippen MR) is 154 cm³/mol. The molecule has 196 valence electrons. The number of hydrogen-bond acceptors (Lipinski definition) is 2. The van der Waals surface area contributed by atoms with Gasteiger partial charge in [-0.05, 0) is 0 Å². The van der Waals surface area contributed by atoms with Crippen LogP contribution in [-0.2, 0) is 46.8 Å². The number of allylic oxidation sites excluding steroid dienone is 8. The molecule has 0 heterocycles. The summed E-state index contributed by atoms with van der Waals surface area (Å²) in [5.74, 6) is 2.01. The van der Waals surface area contributed by atoms with Gasteiger partial charge in [-0.25, -0.2) is 0 Å². The molecule has 4 rings (SSSR count). The van der Waals surface area contributed by atoms with Crippen molar-refractivity contribution in [3.05, 3.63) is 106 Å². The van der Waals surface area contributed by atoms with E-state index in [0.29, 0.717) is 0 Å². The molecule has 0 bridgehead atoms. The van der Waals surface area contributed by atoms with E-state index in [1.807, 2.05) is 0 Å². The van der Waals surface area contributed by atoms with Crippen LogP contribution in [0.5, 0.6) is 11.5 Å². The second kappa shape index (κ2) is 10.9. The van der Waals surface area contributed by atoms with Crippen LogP contribution in [0.3, 0.4) is 0 Å². The molecule has 2 aromatic carbocycles. The molecule has 0 N–H and O–H groups in total. The van der Waals surface area contributed by atoms with Crippen LogP contribution in [0.15, 0.2) is 84.0 Å². The van der Waals surface area contributed by atoms with Crippen LogP contribution in [-0.4, -0.2) is 0 Å². The molecular weight excluding hydrogens is 532 g/mol. The van der Waals surface area contributed by atoms with E-state index in [2.05, 4.69) is 128 Å². The fraction of sp³-hybridized carbons (Fsp3) is 0.412. The van der Waals surface area contributed by atoms with Crippen molar-refractivity contribution in [3.63, 3.8) is 0 Å². The molecule has 2 atom stereocenters. The standard InChI is InChI=1S/2C10H14O.2C7H9.Zr/c2*1-3-8-5-6-9(4-2)10(11)7-8;2*1-6-4-3-5-7(6)2;/h2*5-7,11H,3-4H2,1-2H3;2*3-5H,1-2H3;/q;;;;+2/p-2. The van der Waals surface area contributed by atoms with Crippen LogP contribution in [0, 0.1) is 0 Å². The van der Waals surface area contributed by atoms with Gasteiger partial charge in [-0.3, -0.25) is 0 Å². The van der Waals surface area contributed by atoms with Gasteiger partial charge >= 0.3 is 232 Å². The molecule has 3 heteroatoms. The van der Waals surface area contributed by atoms with Gasteiger partial charge in [-0.2, -0.15) is 0 Å². The molecule has 0 aromatic heterocycles. The molecule has 0 spiro atoms. The van der Waals surface area contributed by atoms with E-state index < -0.39 is 21.1 Å². The second-order valence-electron chi connectivity index (χ2n) is 10.9. The molecule has 0 saturated heterocycles. The Morgan fingerprint density at radius 3 is 1.32 bits per heavy atom. The van der Waals surface area contributed by atoms with Crippen molar-refractivity contribution in [2.75, 3.05) is 0 Å². The van der Waals surface area contributed by atoms with Crippen LogP contribution in [0.2, 0.25) is 6.25 Å². The van der Waals surface area contributed by atoms with Gasteiger partial charge in [0.25, 0.3) is 0 Å². The summed E-state index contributed by atoms with van der Waals surface area (Å²) < 4.78 is 14.7. The Morgan fingerprint density at radius 1 is 0.622 bits per heavy atom. The predicted octanol–water partition coefficient (Wildman–Crippen LogP) is 9.77. The van der Waals surface area contributed by atoms with Gasteiger partial charge in [0.15, 0.2) is 0 Å². The summed E-state index contributed by atoms with van der Waals surface area (Å²) >= 11 is -4.39. The molecule has 0 saturated carbocycles.